The van der Waals surface area contributed by atoms with Crippen LogP contribution in [0.25, 0.3) is 0 Å². The topological polar surface area (TPSA) is 40.6 Å². The van der Waals surface area contributed by atoms with E-state index in [9.17, 15) is 8.42 Å². The van der Waals surface area contributed by atoms with E-state index in [1.807, 2.05) is 13.0 Å². The zero-order valence-corrected chi connectivity index (χ0v) is 13.1. The van der Waals surface area contributed by atoms with Crippen molar-refractivity contribution in [3.63, 3.8) is 0 Å². The molecule has 0 aromatic heterocycles. The first-order chi connectivity index (χ1) is 9.45. The van der Waals surface area contributed by atoms with Gasteiger partial charge in [0.2, 0.25) is 10.0 Å². The summed E-state index contributed by atoms with van der Waals surface area (Å²) in [4.78, 5) is 2.50. The van der Waals surface area contributed by atoms with E-state index in [2.05, 4.69) is 11.5 Å². The molecule has 0 spiro atoms. The number of sulfonamides is 1. The van der Waals surface area contributed by atoms with Gasteiger partial charge in [-0.2, -0.15) is 4.31 Å². The van der Waals surface area contributed by atoms with Crippen LogP contribution in [0, 0.1) is 6.92 Å². The molecule has 4 nitrogen and oxygen atoms in total. The monoisotopic (exact) mass is 314 g/mol. The second-order valence-electron chi connectivity index (χ2n) is 4.90. The number of nitrogens with zero attached hydrogens (tertiary/aromatic N) is 2. The molecule has 20 heavy (non-hydrogen) atoms. The van der Waals surface area contributed by atoms with Crippen molar-refractivity contribution in [3.05, 3.63) is 41.4 Å². The summed E-state index contributed by atoms with van der Waals surface area (Å²) in [5, 5.41) is 0.583. The number of benzene rings is 1. The van der Waals surface area contributed by atoms with Crippen LogP contribution in [0.15, 0.2) is 35.7 Å². The van der Waals surface area contributed by atoms with Gasteiger partial charge in [0.05, 0.1) is 4.90 Å². The number of halogens is 1. The van der Waals surface area contributed by atoms with E-state index >= 15 is 0 Å². The Morgan fingerprint density at radius 3 is 2.50 bits per heavy atom. The molecule has 0 radical (unpaired) electrons. The SMILES string of the molecule is C=CCN1CCN(S(=O)(=O)c2ccc(Cl)c(C)c2)CC1. The van der Waals surface area contributed by atoms with Crippen LogP contribution in [0.1, 0.15) is 5.56 Å². The van der Waals surface area contributed by atoms with Crippen molar-refractivity contribution >= 4 is 21.6 Å². The molecule has 1 aromatic carbocycles. The van der Waals surface area contributed by atoms with Gasteiger partial charge in [-0.05, 0) is 30.7 Å². The molecule has 2 rings (SSSR count). The molecule has 0 saturated carbocycles. The lowest BCUT2D eigenvalue weighted by atomic mass is 10.2. The van der Waals surface area contributed by atoms with Crippen molar-refractivity contribution < 1.29 is 8.42 Å². The largest absolute Gasteiger partial charge is 0.297 e. The summed E-state index contributed by atoms with van der Waals surface area (Å²) in [7, 11) is -3.42. The van der Waals surface area contributed by atoms with Crippen LogP contribution in [-0.4, -0.2) is 50.3 Å². The summed E-state index contributed by atoms with van der Waals surface area (Å²) in [6, 6.07) is 4.84. The van der Waals surface area contributed by atoms with Gasteiger partial charge in [0.1, 0.15) is 0 Å². The molecule has 0 aliphatic carbocycles. The van der Waals surface area contributed by atoms with Gasteiger partial charge in [0.15, 0.2) is 0 Å². The molecule has 0 atom stereocenters. The minimum absolute atomic E-state index is 0.316. The van der Waals surface area contributed by atoms with Crippen molar-refractivity contribution in [2.24, 2.45) is 0 Å². The zero-order chi connectivity index (χ0) is 14.8. The van der Waals surface area contributed by atoms with Crippen LogP contribution < -0.4 is 0 Å². The molecule has 1 aliphatic heterocycles. The fraction of sp³-hybridized carbons (Fsp3) is 0.429. The molecular formula is C14H19ClN2O2S. The van der Waals surface area contributed by atoms with Crippen molar-refractivity contribution in [3.8, 4) is 0 Å². The van der Waals surface area contributed by atoms with Gasteiger partial charge in [-0.25, -0.2) is 8.42 Å². The summed E-state index contributed by atoms with van der Waals surface area (Å²) in [5.74, 6) is 0. The number of rotatable bonds is 4. The third-order valence-electron chi connectivity index (χ3n) is 3.49. The Kier molecular flexibility index (Phi) is 4.86. The molecule has 1 aromatic rings. The van der Waals surface area contributed by atoms with Gasteiger partial charge in [-0.1, -0.05) is 17.7 Å². The maximum Gasteiger partial charge on any atom is 0.243 e. The van der Waals surface area contributed by atoms with E-state index in [-0.39, 0.29) is 0 Å². The van der Waals surface area contributed by atoms with E-state index < -0.39 is 10.0 Å². The van der Waals surface area contributed by atoms with Crippen LogP contribution >= 0.6 is 11.6 Å². The lowest BCUT2D eigenvalue weighted by Crippen LogP contribution is -2.48. The Morgan fingerprint density at radius 1 is 1.30 bits per heavy atom. The van der Waals surface area contributed by atoms with E-state index in [0.717, 1.165) is 25.2 Å². The first-order valence-electron chi connectivity index (χ1n) is 6.54. The maximum atomic E-state index is 12.6. The average molecular weight is 315 g/mol. The van der Waals surface area contributed by atoms with Gasteiger partial charge in [-0.15, -0.1) is 6.58 Å². The van der Waals surface area contributed by atoms with Crippen molar-refractivity contribution in [2.75, 3.05) is 32.7 Å². The normalized spacial score (nSPS) is 18.1. The summed E-state index contributed by atoms with van der Waals surface area (Å²) >= 11 is 5.95. The first kappa shape index (κ1) is 15.5. The van der Waals surface area contributed by atoms with Gasteiger partial charge < -0.3 is 0 Å². The zero-order valence-electron chi connectivity index (χ0n) is 11.5. The molecule has 0 N–H and O–H groups in total. The fourth-order valence-corrected chi connectivity index (χ4v) is 3.89. The number of piperazine rings is 1. The highest BCUT2D eigenvalue weighted by molar-refractivity contribution is 7.89. The molecule has 110 valence electrons. The highest BCUT2D eigenvalue weighted by atomic mass is 35.5. The lowest BCUT2D eigenvalue weighted by molar-refractivity contribution is 0.204. The first-order valence-corrected chi connectivity index (χ1v) is 8.36. The van der Waals surface area contributed by atoms with Crippen LogP contribution in [0.5, 0.6) is 0 Å². The van der Waals surface area contributed by atoms with Gasteiger partial charge in [0.25, 0.3) is 0 Å². The third kappa shape index (κ3) is 3.23. The Morgan fingerprint density at radius 2 is 1.95 bits per heavy atom. The Labute approximate surface area is 125 Å². The number of aryl methyl sites for hydroxylation is 1. The second-order valence-corrected chi connectivity index (χ2v) is 7.25. The molecule has 1 saturated heterocycles. The third-order valence-corrected chi connectivity index (χ3v) is 5.80. The summed E-state index contributed by atoms with van der Waals surface area (Å²) in [6.07, 6.45) is 1.84. The Balaban J connectivity index is 2.15. The number of hydrogen-bond donors (Lipinski definition) is 0. The van der Waals surface area contributed by atoms with E-state index in [0.29, 0.717) is 23.0 Å². The summed E-state index contributed by atoms with van der Waals surface area (Å²) in [6.45, 7) is 8.80. The van der Waals surface area contributed by atoms with Crippen molar-refractivity contribution in [2.45, 2.75) is 11.8 Å². The van der Waals surface area contributed by atoms with E-state index in [4.69, 9.17) is 11.6 Å². The average Bonchev–Trinajstić information content (AvgIpc) is 2.43. The molecule has 1 aliphatic rings. The van der Waals surface area contributed by atoms with Crippen LogP contribution in [0.2, 0.25) is 5.02 Å². The number of hydrogen-bond acceptors (Lipinski definition) is 3. The lowest BCUT2D eigenvalue weighted by Gasteiger charge is -2.33. The highest BCUT2D eigenvalue weighted by Gasteiger charge is 2.28. The van der Waals surface area contributed by atoms with E-state index in [1.54, 1.807) is 18.2 Å². The molecular weight excluding hydrogens is 296 g/mol. The predicted molar refractivity (Wildman–Crippen MR) is 81.6 cm³/mol. The van der Waals surface area contributed by atoms with E-state index in [1.165, 1.54) is 4.31 Å². The van der Waals surface area contributed by atoms with Crippen molar-refractivity contribution in [1.29, 1.82) is 0 Å². The Bertz CT molecular complexity index is 593. The highest BCUT2D eigenvalue weighted by Crippen LogP contribution is 2.23. The smallest absolute Gasteiger partial charge is 0.243 e. The molecule has 1 heterocycles. The van der Waals surface area contributed by atoms with Crippen molar-refractivity contribution in [1.82, 2.24) is 9.21 Å². The molecule has 6 heteroatoms. The minimum atomic E-state index is -3.42. The molecule has 0 amide bonds. The summed E-state index contributed by atoms with van der Waals surface area (Å²) in [5.41, 5.74) is 0.776. The van der Waals surface area contributed by atoms with Crippen LogP contribution in [0.4, 0.5) is 0 Å². The molecule has 0 unspecified atom stereocenters. The van der Waals surface area contributed by atoms with Gasteiger partial charge >= 0.3 is 0 Å². The minimum Gasteiger partial charge on any atom is -0.297 e. The standard InChI is InChI=1S/C14H19ClN2O2S/c1-3-6-16-7-9-17(10-8-16)20(18,19)13-4-5-14(15)12(2)11-13/h3-5,11H,1,6-10H2,2H3. The second kappa shape index (κ2) is 6.26. The Hall–Kier alpha value is -0.880. The summed E-state index contributed by atoms with van der Waals surface area (Å²) < 4.78 is 26.7. The molecule has 0 bridgehead atoms. The van der Waals surface area contributed by atoms with Gasteiger partial charge in [-0.3, -0.25) is 4.90 Å². The maximum absolute atomic E-state index is 12.6. The molecule has 1 fully saturated rings. The predicted octanol–water partition coefficient (Wildman–Crippen LogP) is 2.14. The van der Waals surface area contributed by atoms with Crippen LogP contribution in [-0.2, 0) is 10.0 Å². The van der Waals surface area contributed by atoms with Crippen LogP contribution in [0.3, 0.4) is 0 Å². The fourth-order valence-electron chi connectivity index (χ4n) is 2.26. The quantitative estimate of drug-likeness (QED) is 0.800. The van der Waals surface area contributed by atoms with Gasteiger partial charge in [0, 0.05) is 37.7 Å².